The van der Waals surface area contributed by atoms with Gasteiger partial charge in [0.2, 0.25) is 0 Å². The van der Waals surface area contributed by atoms with Gasteiger partial charge in [0.15, 0.2) is 5.75 Å². The lowest BCUT2D eigenvalue weighted by Crippen LogP contribution is -2.21. The van der Waals surface area contributed by atoms with E-state index in [9.17, 15) is 13.2 Å². The molecule has 0 saturated carbocycles. The highest BCUT2D eigenvalue weighted by Gasteiger charge is 2.33. The molecule has 1 aliphatic rings. The maximum absolute atomic E-state index is 13.6. The molecule has 4 aromatic carbocycles. The van der Waals surface area contributed by atoms with Crippen LogP contribution in [0.3, 0.4) is 0 Å². The Balaban J connectivity index is 1.64. The monoisotopic (exact) mass is 548 g/mol. The number of amides is 1. The lowest BCUT2D eigenvalue weighted by Gasteiger charge is -2.13. The van der Waals surface area contributed by atoms with Crippen molar-refractivity contribution in [3.05, 3.63) is 130 Å². The second-order valence-electron chi connectivity index (χ2n) is 7.98. The molecule has 0 aromatic heterocycles. The zero-order valence-corrected chi connectivity index (χ0v) is 21.4. The first-order valence-electron chi connectivity index (χ1n) is 11.1. The van der Waals surface area contributed by atoms with Crippen molar-refractivity contribution in [3.8, 4) is 5.75 Å². The first-order chi connectivity index (χ1) is 17.8. The van der Waals surface area contributed by atoms with Gasteiger partial charge in [0.1, 0.15) is 10.6 Å². The third-order valence-corrected chi connectivity index (χ3v) is 7.22. The number of nitrogens with zero attached hydrogens (tertiary/aromatic N) is 2. The van der Waals surface area contributed by atoms with Crippen LogP contribution >= 0.6 is 23.2 Å². The quantitative estimate of drug-likeness (QED) is 0.201. The number of carbonyl (C=O) groups is 1. The molecule has 0 N–H and O–H groups in total. The molecule has 0 bridgehead atoms. The summed E-state index contributed by atoms with van der Waals surface area (Å²) in [7, 11) is -4.22. The van der Waals surface area contributed by atoms with E-state index < -0.39 is 16.0 Å². The topological polar surface area (TPSA) is 76.0 Å². The SMILES string of the molecule is O=C1/C(=C\c2cc(Cl)cc(Cl)c2OS(=O)(=O)c2ccccc2)C(c2ccccc2)=NN1c1ccccc1. The van der Waals surface area contributed by atoms with Gasteiger partial charge in [0.25, 0.3) is 5.91 Å². The molecule has 1 amide bonds. The van der Waals surface area contributed by atoms with Gasteiger partial charge < -0.3 is 4.18 Å². The minimum atomic E-state index is -4.22. The molecule has 184 valence electrons. The van der Waals surface area contributed by atoms with Gasteiger partial charge in [-0.05, 0) is 42.5 Å². The van der Waals surface area contributed by atoms with E-state index in [1.165, 1.54) is 35.4 Å². The van der Waals surface area contributed by atoms with Gasteiger partial charge in [-0.15, -0.1) is 0 Å². The molecule has 5 rings (SSSR count). The van der Waals surface area contributed by atoms with Gasteiger partial charge in [0, 0.05) is 16.1 Å². The number of benzene rings is 4. The van der Waals surface area contributed by atoms with Crippen molar-refractivity contribution in [2.45, 2.75) is 4.90 Å². The van der Waals surface area contributed by atoms with E-state index in [4.69, 9.17) is 27.4 Å². The van der Waals surface area contributed by atoms with E-state index in [0.29, 0.717) is 17.0 Å². The molecule has 4 aromatic rings. The highest BCUT2D eigenvalue weighted by atomic mass is 35.5. The van der Waals surface area contributed by atoms with Crippen molar-refractivity contribution in [2.24, 2.45) is 5.10 Å². The van der Waals surface area contributed by atoms with Gasteiger partial charge in [0.05, 0.1) is 16.3 Å². The fourth-order valence-corrected chi connectivity index (χ4v) is 5.36. The molecule has 9 heteroatoms. The van der Waals surface area contributed by atoms with Crippen molar-refractivity contribution >= 4 is 56.7 Å². The van der Waals surface area contributed by atoms with Crippen LogP contribution in [0.5, 0.6) is 5.75 Å². The van der Waals surface area contributed by atoms with Crippen molar-refractivity contribution in [1.29, 1.82) is 0 Å². The second-order valence-corrected chi connectivity index (χ2v) is 10.4. The summed E-state index contributed by atoms with van der Waals surface area (Å²) < 4.78 is 31.4. The number of carbonyl (C=O) groups excluding carboxylic acids is 1. The van der Waals surface area contributed by atoms with Crippen molar-refractivity contribution < 1.29 is 17.4 Å². The Morgan fingerprint density at radius 1 is 0.811 bits per heavy atom. The predicted molar refractivity (Wildman–Crippen MR) is 146 cm³/mol. The van der Waals surface area contributed by atoms with Crippen LogP contribution in [0.1, 0.15) is 11.1 Å². The molecular weight excluding hydrogens is 531 g/mol. The molecule has 1 aliphatic heterocycles. The van der Waals surface area contributed by atoms with Gasteiger partial charge in [-0.1, -0.05) is 89.9 Å². The summed E-state index contributed by atoms with van der Waals surface area (Å²) in [4.78, 5) is 13.6. The number of hydrazone groups is 1. The summed E-state index contributed by atoms with van der Waals surface area (Å²) in [6, 6.07) is 28.7. The summed E-state index contributed by atoms with van der Waals surface area (Å²) in [5, 5.41) is 6.10. The first-order valence-corrected chi connectivity index (χ1v) is 13.2. The standard InChI is InChI=1S/C28H18Cl2N2O4S/c29-21-16-20(27(25(30)18-21)36-37(34,35)23-14-8-3-9-15-23)17-24-26(19-10-4-1-5-11-19)31-32(28(24)33)22-12-6-2-7-13-22/h1-18H/b24-17-. The number of anilines is 1. The molecular formula is C28H18Cl2N2O4S. The molecule has 0 unspecified atom stereocenters. The zero-order valence-electron chi connectivity index (χ0n) is 19.1. The van der Waals surface area contributed by atoms with E-state index in [-0.39, 0.29) is 31.8 Å². The van der Waals surface area contributed by atoms with Crippen LogP contribution in [0.4, 0.5) is 5.69 Å². The highest BCUT2D eigenvalue weighted by Crippen LogP contribution is 2.37. The fraction of sp³-hybridized carbons (Fsp3) is 0. The van der Waals surface area contributed by atoms with E-state index in [0.717, 1.165) is 0 Å². The largest absolute Gasteiger partial charge is 0.377 e. The minimum Gasteiger partial charge on any atom is -0.377 e. The van der Waals surface area contributed by atoms with E-state index >= 15 is 0 Å². The van der Waals surface area contributed by atoms with Gasteiger partial charge >= 0.3 is 10.1 Å². The van der Waals surface area contributed by atoms with E-state index in [2.05, 4.69) is 5.10 Å². The maximum Gasteiger partial charge on any atom is 0.339 e. The molecule has 0 fully saturated rings. The molecule has 0 radical (unpaired) electrons. The Morgan fingerprint density at radius 3 is 2.05 bits per heavy atom. The number of hydrogen-bond donors (Lipinski definition) is 0. The first kappa shape index (κ1) is 24.8. The van der Waals surface area contributed by atoms with Crippen LogP contribution in [0, 0.1) is 0 Å². The Bertz CT molecular complexity index is 1640. The Hall–Kier alpha value is -3.91. The summed E-state index contributed by atoms with van der Waals surface area (Å²) >= 11 is 12.7. The number of hydrogen-bond acceptors (Lipinski definition) is 5. The number of para-hydroxylation sites is 1. The maximum atomic E-state index is 13.6. The lowest BCUT2D eigenvalue weighted by molar-refractivity contribution is -0.114. The van der Waals surface area contributed by atoms with Gasteiger partial charge in [-0.25, -0.2) is 0 Å². The van der Waals surface area contributed by atoms with Crippen LogP contribution in [-0.2, 0) is 14.9 Å². The van der Waals surface area contributed by atoms with Crippen molar-refractivity contribution in [1.82, 2.24) is 0 Å². The normalized spacial score (nSPS) is 14.6. The zero-order chi connectivity index (χ0) is 26.0. The number of halogens is 2. The molecule has 0 spiro atoms. The third kappa shape index (κ3) is 5.15. The molecule has 6 nitrogen and oxygen atoms in total. The summed E-state index contributed by atoms with van der Waals surface area (Å²) in [6.07, 6.45) is 1.49. The van der Waals surface area contributed by atoms with E-state index in [1.807, 2.05) is 36.4 Å². The van der Waals surface area contributed by atoms with Crippen LogP contribution in [-0.4, -0.2) is 20.0 Å². The predicted octanol–water partition coefficient (Wildman–Crippen LogP) is 6.60. The Kier molecular flexibility index (Phi) is 6.84. The smallest absolute Gasteiger partial charge is 0.339 e. The average Bonchev–Trinajstić information content (AvgIpc) is 3.23. The minimum absolute atomic E-state index is 0.0255. The van der Waals surface area contributed by atoms with Crippen molar-refractivity contribution in [2.75, 3.05) is 5.01 Å². The molecule has 37 heavy (non-hydrogen) atoms. The molecule has 0 aliphatic carbocycles. The van der Waals surface area contributed by atoms with Crippen molar-refractivity contribution in [3.63, 3.8) is 0 Å². The number of rotatable bonds is 6. The molecule has 0 atom stereocenters. The van der Waals surface area contributed by atoms with Crippen LogP contribution in [0.15, 0.2) is 119 Å². The highest BCUT2D eigenvalue weighted by molar-refractivity contribution is 7.87. The van der Waals surface area contributed by atoms with Crippen LogP contribution < -0.4 is 9.19 Å². The Labute approximate surface area is 224 Å². The van der Waals surface area contributed by atoms with Gasteiger partial charge in [-0.3, -0.25) is 4.79 Å². The summed E-state index contributed by atoms with van der Waals surface area (Å²) in [5.74, 6) is -0.557. The van der Waals surface area contributed by atoms with Crippen LogP contribution in [0.2, 0.25) is 10.0 Å². The van der Waals surface area contributed by atoms with Crippen LogP contribution in [0.25, 0.3) is 6.08 Å². The fourth-order valence-electron chi connectivity index (χ4n) is 3.77. The average molecular weight is 549 g/mol. The third-order valence-electron chi connectivity index (χ3n) is 5.49. The Morgan fingerprint density at radius 2 is 1.41 bits per heavy atom. The molecule has 1 heterocycles. The van der Waals surface area contributed by atoms with Gasteiger partial charge in [-0.2, -0.15) is 18.5 Å². The summed E-state index contributed by atoms with van der Waals surface area (Å²) in [5.41, 5.74) is 2.11. The second kappa shape index (κ2) is 10.2. The molecule has 0 saturated heterocycles. The summed E-state index contributed by atoms with van der Waals surface area (Å²) in [6.45, 7) is 0. The van der Waals surface area contributed by atoms with E-state index in [1.54, 1.807) is 42.5 Å². The lowest BCUT2D eigenvalue weighted by atomic mass is 10.00.